The van der Waals surface area contributed by atoms with Crippen LogP contribution in [-0.4, -0.2) is 11.8 Å². The number of nitrogens with one attached hydrogen (secondary N) is 2. The van der Waals surface area contributed by atoms with Crippen molar-refractivity contribution in [2.45, 2.75) is 19.9 Å². The third-order valence-corrected chi connectivity index (χ3v) is 3.96. The Morgan fingerprint density at radius 1 is 0.957 bits per heavy atom. The highest BCUT2D eigenvalue weighted by molar-refractivity contribution is 6.11. The molecule has 23 heavy (non-hydrogen) atoms. The van der Waals surface area contributed by atoms with Crippen molar-refractivity contribution in [3.05, 3.63) is 82.6 Å². The summed E-state index contributed by atoms with van der Waals surface area (Å²) in [6.07, 6.45) is 0. The number of aryl methyl sites for hydroxylation is 1. The number of ketones is 1. The smallest absolute Gasteiger partial charge is 0.319 e. The van der Waals surface area contributed by atoms with Gasteiger partial charge in [-0.2, -0.15) is 0 Å². The minimum Gasteiger partial charge on any atom is -0.327 e. The molecule has 0 spiro atoms. The first-order valence-electron chi connectivity index (χ1n) is 7.51. The maximum absolute atomic E-state index is 12.9. The van der Waals surface area contributed by atoms with Gasteiger partial charge in [0.2, 0.25) is 0 Å². The number of hydrogen-bond acceptors (Lipinski definition) is 2. The summed E-state index contributed by atoms with van der Waals surface area (Å²) in [5, 5.41) is 5.55. The normalized spacial score (nSPS) is 17.5. The Labute approximate surface area is 135 Å². The highest BCUT2D eigenvalue weighted by Gasteiger charge is 2.31. The Morgan fingerprint density at radius 3 is 2.26 bits per heavy atom. The molecule has 4 heteroatoms. The van der Waals surface area contributed by atoms with Crippen molar-refractivity contribution in [1.82, 2.24) is 10.6 Å². The summed E-state index contributed by atoms with van der Waals surface area (Å²) in [5.74, 6) is -0.0822. The Kier molecular flexibility index (Phi) is 3.98. The topological polar surface area (TPSA) is 58.2 Å². The number of carbonyl (C=O) groups is 2. The SMILES string of the molecule is CC1=C(C(=O)c2ccccc2)[C@H](c2ccc(C)cc2)NC(=O)N1. The van der Waals surface area contributed by atoms with Gasteiger partial charge < -0.3 is 10.6 Å². The number of urea groups is 1. The zero-order chi connectivity index (χ0) is 16.4. The van der Waals surface area contributed by atoms with Gasteiger partial charge in [-0.1, -0.05) is 60.2 Å². The second-order valence-corrected chi connectivity index (χ2v) is 5.68. The molecule has 0 radical (unpaired) electrons. The number of rotatable bonds is 3. The number of Topliss-reactive ketones (excluding diaryl/α,β-unsaturated/α-hetero) is 1. The monoisotopic (exact) mass is 306 g/mol. The largest absolute Gasteiger partial charge is 0.327 e. The van der Waals surface area contributed by atoms with Crippen LogP contribution < -0.4 is 10.6 Å². The fraction of sp³-hybridized carbons (Fsp3) is 0.158. The van der Waals surface area contributed by atoms with E-state index in [4.69, 9.17) is 0 Å². The summed E-state index contributed by atoms with van der Waals surface area (Å²) >= 11 is 0. The molecule has 0 saturated carbocycles. The maximum Gasteiger partial charge on any atom is 0.319 e. The standard InChI is InChI=1S/C19H18N2O2/c1-12-8-10-14(11-9-12)17-16(13(2)20-19(23)21-17)18(22)15-6-4-3-5-7-15/h3-11,17H,1-2H3,(H2,20,21,23)/t17-/m0/s1. The minimum atomic E-state index is -0.447. The lowest BCUT2D eigenvalue weighted by Gasteiger charge is -2.28. The van der Waals surface area contributed by atoms with Gasteiger partial charge in [-0.05, 0) is 19.4 Å². The highest BCUT2D eigenvalue weighted by atomic mass is 16.2. The predicted molar refractivity (Wildman–Crippen MR) is 89.1 cm³/mol. The van der Waals surface area contributed by atoms with Gasteiger partial charge in [0, 0.05) is 16.8 Å². The molecular formula is C19H18N2O2. The summed E-state index contributed by atoms with van der Waals surface area (Å²) in [4.78, 5) is 24.8. The highest BCUT2D eigenvalue weighted by Crippen LogP contribution is 2.29. The van der Waals surface area contributed by atoms with Gasteiger partial charge in [-0.3, -0.25) is 4.79 Å². The zero-order valence-electron chi connectivity index (χ0n) is 13.1. The molecule has 3 rings (SSSR count). The number of carbonyl (C=O) groups excluding carboxylic acids is 2. The summed E-state index contributed by atoms with van der Waals surface area (Å²) < 4.78 is 0. The van der Waals surface area contributed by atoms with Crippen LogP contribution in [0.1, 0.15) is 34.5 Å². The van der Waals surface area contributed by atoms with E-state index in [9.17, 15) is 9.59 Å². The molecule has 116 valence electrons. The van der Waals surface area contributed by atoms with E-state index in [1.165, 1.54) is 0 Å². The summed E-state index contributed by atoms with van der Waals surface area (Å²) in [6, 6.07) is 16.2. The molecule has 2 aromatic carbocycles. The molecule has 4 nitrogen and oxygen atoms in total. The summed E-state index contributed by atoms with van der Waals surface area (Å²) in [5.41, 5.74) is 3.79. The molecule has 1 aliphatic heterocycles. The van der Waals surface area contributed by atoms with Crippen molar-refractivity contribution in [1.29, 1.82) is 0 Å². The van der Waals surface area contributed by atoms with Crippen LogP contribution in [0.3, 0.4) is 0 Å². The van der Waals surface area contributed by atoms with Crippen LogP contribution in [0, 0.1) is 6.92 Å². The zero-order valence-corrected chi connectivity index (χ0v) is 13.1. The van der Waals surface area contributed by atoms with Gasteiger partial charge in [0.1, 0.15) is 0 Å². The van der Waals surface area contributed by atoms with Crippen LogP contribution in [0.2, 0.25) is 0 Å². The van der Waals surface area contributed by atoms with E-state index in [1.54, 1.807) is 19.1 Å². The average Bonchev–Trinajstić information content (AvgIpc) is 2.55. The van der Waals surface area contributed by atoms with Crippen molar-refractivity contribution < 1.29 is 9.59 Å². The lowest BCUT2D eigenvalue weighted by Crippen LogP contribution is -2.45. The number of allylic oxidation sites excluding steroid dienone is 1. The van der Waals surface area contributed by atoms with E-state index in [2.05, 4.69) is 10.6 Å². The van der Waals surface area contributed by atoms with Crippen molar-refractivity contribution in [2.24, 2.45) is 0 Å². The van der Waals surface area contributed by atoms with Crippen molar-refractivity contribution in [3.8, 4) is 0 Å². The molecule has 0 fully saturated rings. The molecule has 2 aromatic rings. The maximum atomic E-state index is 12.9. The first kappa shape index (κ1) is 15.0. The van der Waals surface area contributed by atoms with E-state index < -0.39 is 6.04 Å². The summed E-state index contributed by atoms with van der Waals surface area (Å²) in [7, 11) is 0. The number of benzene rings is 2. The molecule has 1 atom stereocenters. The molecular weight excluding hydrogens is 288 g/mol. The van der Waals surface area contributed by atoms with Crippen LogP contribution in [0.25, 0.3) is 0 Å². The second kappa shape index (κ2) is 6.08. The lowest BCUT2D eigenvalue weighted by molar-refractivity contribution is 0.102. The molecule has 0 aliphatic carbocycles. The van der Waals surface area contributed by atoms with Crippen molar-refractivity contribution >= 4 is 11.8 Å². The molecule has 2 amide bonds. The molecule has 1 aliphatic rings. The van der Waals surface area contributed by atoms with E-state index >= 15 is 0 Å². The average molecular weight is 306 g/mol. The Bertz CT molecular complexity index is 777. The van der Waals surface area contributed by atoms with Crippen molar-refractivity contribution in [3.63, 3.8) is 0 Å². The van der Waals surface area contributed by atoms with Gasteiger partial charge in [0.25, 0.3) is 0 Å². The van der Waals surface area contributed by atoms with Crippen LogP contribution in [0.4, 0.5) is 4.79 Å². The molecule has 0 aromatic heterocycles. The first-order chi connectivity index (χ1) is 11.1. The van der Waals surface area contributed by atoms with Gasteiger partial charge in [-0.15, -0.1) is 0 Å². The molecule has 0 unspecified atom stereocenters. The molecule has 1 heterocycles. The molecule has 2 N–H and O–H groups in total. The van der Waals surface area contributed by atoms with Crippen LogP contribution in [0.5, 0.6) is 0 Å². The van der Waals surface area contributed by atoms with Crippen LogP contribution >= 0.6 is 0 Å². The van der Waals surface area contributed by atoms with Gasteiger partial charge in [0.15, 0.2) is 5.78 Å². The fourth-order valence-electron chi connectivity index (χ4n) is 2.75. The molecule has 0 saturated heterocycles. The first-order valence-corrected chi connectivity index (χ1v) is 7.51. The quantitative estimate of drug-likeness (QED) is 0.853. The van der Waals surface area contributed by atoms with E-state index in [0.717, 1.165) is 11.1 Å². The Morgan fingerprint density at radius 2 is 1.61 bits per heavy atom. The van der Waals surface area contributed by atoms with Gasteiger partial charge in [0.05, 0.1) is 6.04 Å². The third kappa shape index (κ3) is 3.01. The van der Waals surface area contributed by atoms with E-state index in [0.29, 0.717) is 16.8 Å². The Balaban J connectivity index is 2.06. The van der Waals surface area contributed by atoms with E-state index in [1.807, 2.05) is 49.4 Å². The summed E-state index contributed by atoms with van der Waals surface area (Å²) in [6.45, 7) is 3.76. The Hall–Kier alpha value is -2.88. The van der Waals surface area contributed by atoms with Crippen LogP contribution in [-0.2, 0) is 0 Å². The number of amides is 2. The van der Waals surface area contributed by atoms with Crippen molar-refractivity contribution in [2.75, 3.05) is 0 Å². The minimum absolute atomic E-state index is 0.0822. The van der Waals surface area contributed by atoms with Gasteiger partial charge in [-0.25, -0.2) is 4.79 Å². The van der Waals surface area contributed by atoms with Crippen LogP contribution in [0.15, 0.2) is 65.9 Å². The third-order valence-electron chi connectivity index (χ3n) is 3.96. The number of hydrogen-bond donors (Lipinski definition) is 2. The predicted octanol–water partition coefficient (Wildman–Crippen LogP) is 3.51. The molecule has 0 bridgehead atoms. The fourth-order valence-corrected chi connectivity index (χ4v) is 2.75. The van der Waals surface area contributed by atoms with E-state index in [-0.39, 0.29) is 11.8 Å². The van der Waals surface area contributed by atoms with Gasteiger partial charge >= 0.3 is 6.03 Å². The lowest BCUT2D eigenvalue weighted by atomic mass is 9.89. The second-order valence-electron chi connectivity index (χ2n) is 5.68.